The summed E-state index contributed by atoms with van der Waals surface area (Å²) in [7, 11) is -4.38. The number of sulfonamides is 1. The Labute approximate surface area is 182 Å². The van der Waals surface area contributed by atoms with Crippen molar-refractivity contribution in [3.63, 3.8) is 0 Å². The van der Waals surface area contributed by atoms with Crippen molar-refractivity contribution >= 4 is 28.4 Å². The lowest BCUT2D eigenvalue weighted by atomic mass is 9.90. The predicted octanol–water partition coefficient (Wildman–Crippen LogP) is 4.38. The van der Waals surface area contributed by atoms with Gasteiger partial charge in [0.05, 0.1) is 17.9 Å². The van der Waals surface area contributed by atoms with E-state index in [0.717, 1.165) is 12.1 Å². The van der Waals surface area contributed by atoms with Crippen LogP contribution in [-0.2, 0) is 10.0 Å². The highest BCUT2D eigenvalue weighted by Gasteiger charge is 2.34. The fourth-order valence-corrected chi connectivity index (χ4v) is 4.39. The van der Waals surface area contributed by atoms with Crippen molar-refractivity contribution in [1.82, 2.24) is 4.72 Å². The highest BCUT2D eigenvalue weighted by Crippen LogP contribution is 2.39. The van der Waals surface area contributed by atoms with Gasteiger partial charge in [0.2, 0.25) is 5.96 Å². The number of anilines is 1. The maximum Gasteiger partial charge on any atom is 0.266 e. The largest absolute Gasteiger partial charge is 0.324 e. The molecule has 2 N–H and O–H groups in total. The zero-order valence-electron chi connectivity index (χ0n) is 16.8. The summed E-state index contributed by atoms with van der Waals surface area (Å²) in [6, 6.07) is 6.00. The number of fused-ring (bicyclic) bond motifs is 1. The van der Waals surface area contributed by atoms with Gasteiger partial charge in [0, 0.05) is 11.5 Å². The van der Waals surface area contributed by atoms with Gasteiger partial charge in [0.15, 0.2) is 11.6 Å². The highest BCUT2D eigenvalue weighted by atomic mass is 32.2. The molecule has 1 aliphatic heterocycles. The Bertz CT molecular complexity index is 1270. The Morgan fingerprint density at radius 2 is 1.91 bits per heavy atom. The number of hydrogen-bond donors (Lipinski definition) is 2. The Kier molecular flexibility index (Phi) is 6.49. The molecule has 1 heterocycles. The molecule has 1 aliphatic rings. The van der Waals surface area contributed by atoms with Crippen LogP contribution in [0.15, 0.2) is 69.4 Å². The van der Waals surface area contributed by atoms with Crippen molar-refractivity contribution in [2.75, 3.05) is 11.9 Å². The zero-order chi connectivity index (χ0) is 23.6. The normalized spacial score (nSPS) is 17.5. The molecule has 3 rings (SSSR count). The molecule has 0 fully saturated rings. The monoisotopic (exact) mass is 466 g/mol. The van der Waals surface area contributed by atoms with Gasteiger partial charge in [-0.25, -0.2) is 35.7 Å². The second-order valence-corrected chi connectivity index (χ2v) is 8.41. The van der Waals surface area contributed by atoms with Crippen molar-refractivity contribution in [1.29, 1.82) is 0 Å². The molecule has 0 aromatic heterocycles. The molecule has 0 spiro atoms. The third kappa shape index (κ3) is 4.28. The van der Waals surface area contributed by atoms with Crippen LogP contribution in [0.2, 0.25) is 0 Å². The Morgan fingerprint density at radius 1 is 1.22 bits per heavy atom. The molecule has 11 heteroatoms. The highest BCUT2D eigenvalue weighted by molar-refractivity contribution is 7.90. The third-order valence-corrected chi connectivity index (χ3v) is 6.18. The zero-order valence-corrected chi connectivity index (χ0v) is 17.6. The number of allylic oxidation sites excluding steroid dienone is 2. The molecule has 0 saturated carbocycles. The standard InChI is InChI=1S/C21H18F4N4O2S/c1-4-13(22)16(26-3)10-27-21-28-20-17(32(30,31)29-21)9-15(24)19(25)18(20)11(2)12-7-5-6-8-14(12)23/h4-9,11H,1,3,10H2,2H3,(H2,27,28,29)/b16-13+. The minimum absolute atomic E-state index is 0.0320. The van der Waals surface area contributed by atoms with Crippen LogP contribution in [0.4, 0.5) is 23.2 Å². The third-order valence-electron chi connectivity index (χ3n) is 4.82. The van der Waals surface area contributed by atoms with E-state index in [1.165, 1.54) is 25.1 Å². The molecule has 6 nitrogen and oxygen atoms in total. The smallest absolute Gasteiger partial charge is 0.266 e. The molecule has 0 amide bonds. The molecule has 2 aromatic rings. The van der Waals surface area contributed by atoms with Gasteiger partial charge < -0.3 is 5.32 Å². The van der Waals surface area contributed by atoms with Crippen LogP contribution in [0.25, 0.3) is 0 Å². The summed E-state index contributed by atoms with van der Waals surface area (Å²) >= 11 is 0. The number of rotatable bonds is 6. The summed E-state index contributed by atoms with van der Waals surface area (Å²) in [6.45, 7) is 7.45. The first-order chi connectivity index (χ1) is 15.1. The molecule has 1 unspecified atom stereocenters. The van der Waals surface area contributed by atoms with E-state index in [-0.39, 0.29) is 22.9 Å². The topological polar surface area (TPSA) is 82.9 Å². The van der Waals surface area contributed by atoms with Gasteiger partial charge in [0.1, 0.15) is 16.5 Å². The Balaban J connectivity index is 2.16. The van der Waals surface area contributed by atoms with Gasteiger partial charge in [-0.15, -0.1) is 0 Å². The summed E-state index contributed by atoms with van der Waals surface area (Å²) < 4.78 is 84.7. The van der Waals surface area contributed by atoms with Crippen LogP contribution in [0, 0.1) is 17.5 Å². The molecular weight excluding hydrogens is 448 g/mol. The van der Waals surface area contributed by atoms with Crippen molar-refractivity contribution < 1.29 is 26.0 Å². The summed E-state index contributed by atoms with van der Waals surface area (Å²) in [4.78, 5) is 6.79. The van der Waals surface area contributed by atoms with Crippen LogP contribution in [0.3, 0.4) is 0 Å². The summed E-state index contributed by atoms with van der Waals surface area (Å²) in [5, 5.41) is 2.59. The predicted molar refractivity (Wildman–Crippen MR) is 114 cm³/mol. The number of nitrogens with zero attached hydrogens (tertiary/aromatic N) is 2. The summed E-state index contributed by atoms with van der Waals surface area (Å²) in [5.41, 5.74) is -0.898. The summed E-state index contributed by atoms with van der Waals surface area (Å²) in [6.07, 6.45) is 0.879. The second-order valence-electron chi connectivity index (χ2n) is 6.75. The first kappa shape index (κ1) is 23.2. The molecule has 32 heavy (non-hydrogen) atoms. The van der Waals surface area contributed by atoms with Gasteiger partial charge in [-0.3, -0.25) is 4.99 Å². The van der Waals surface area contributed by atoms with E-state index >= 15 is 0 Å². The van der Waals surface area contributed by atoms with Gasteiger partial charge in [-0.05, 0) is 30.5 Å². The average Bonchev–Trinajstić information content (AvgIpc) is 2.75. The Hall–Kier alpha value is -3.47. The maximum absolute atomic E-state index is 14.9. The molecule has 0 aliphatic carbocycles. The van der Waals surface area contributed by atoms with E-state index in [2.05, 4.69) is 33.3 Å². The maximum atomic E-state index is 14.9. The van der Waals surface area contributed by atoms with Gasteiger partial charge in [-0.2, -0.15) is 0 Å². The van der Waals surface area contributed by atoms with Crippen LogP contribution >= 0.6 is 0 Å². The second kappa shape index (κ2) is 8.95. The number of guanidine groups is 1. The van der Waals surface area contributed by atoms with Gasteiger partial charge >= 0.3 is 0 Å². The first-order valence-corrected chi connectivity index (χ1v) is 10.7. The lowest BCUT2D eigenvalue weighted by molar-refractivity contribution is 0.490. The molecule has 168 valence electrons. The quantitative estimate of drug-likeness (QED) is 0.377. The lowest BCUT2D eigenvalue weighted by Gasteiger charge is -2.27. The SMILES string of the molecule is C=C/C(F)=C(/CN=C1Nc2c(cc(F)c(F)c2C(C)c2ccccc2F)S(=O)(=O)N1)N=C. The number of hydrogen-bond acceptors (Lipinski definition) is 4. The molecular formula is C21H18F4N4O2S. The fraction of sp³-hybridized carbons (Fsp3) is 0.143. The molecule has 0 saturated heterocycles. The van der Waals surface area contributed by atoms with Gasteiger partial charge in [0.25, 0.3) is 10.0 Å². The minimum atomic E-state index is -4.38. The summed E-state index contributed by atoms with van der Waals surface area (Å²) in [5.74, 6) is -5.69. The average molecular weight is 466 g/mol. The van der Waals surface area contributed by atoms with E-state index in [0.29, 0.717) is 6.07 Å². The Morgan fingerprint density at radius 3 is 2.53 bits per heavy atom. The van der Waals surface area contributed by atoms with Crippen molar-refractivity contribution in [3.05, 3.63) is 83.1 Å². The van der Waals surface area contributed by atoms with Crippen LogP contribution in [0.5, 0.6) is 0 Å². The number of halogens is 4. The van der Waals surface area contributed by atoms with E-state index in [1.54, 1.807) is 0 Å². The van der Waals surface area contributed by atoms with Crippen molar-refractivity contribution in [3.8, 4) is 0 Å². The number of benzene rings is 2. The van der Waals surface area contributed by atoms with E-state index < -0.39 is 56.2 Å². The van der Waals surface area contributed by atoms with Gasteiger partial charge in [-0.1, -0.05) is 31.7 Å². The molecule has 2 aromatic carbocycles. The fourth-order valence-electron chi connectivity index (χ4n) is 3.22. The van der Waals surface area contributed by atoms with E-state index in [4.69, 9.17) is 0 Å². The molecule has 0 bridgehead atoms. The van der Waals surface area contributed by atoms with Crippen LogP contribution in [-0.4, -0.2) is 27.6 Å². The lowest BCUT2D eigenvalue weighted by Crippen LogP contribution is -2.41. The van der Waals surface area contributed by atoms with Crippen LogP contribution in [0.1, 0.15) is 24.0 Å². The minimum Gasteiger partial charge on any atom is -0.324 e. The first-order valence-electron chi connectivity index (χ1n) is 9.19. The van der Waals surface area contributed by atoms with Crippen LogP contribution < -0.4 is 10.0 Å². The number of nitrogens with one attached hydrogen (secondary N) is 2. The van der Waals surface area contributed by atoms with Crippen molar-refractivity contribution in [2.24, 2.45) is 9.98 Å². The van der Waals surface area contributed by atoms with Crippen molar-refractivity contribution in [2.45, 2.75) is 17.7 Å². The van der Waals surface area contributed by atoms with E-state index in [1.807, 2.05) is 0 Å². The molecule has 0 radical (unpaired) electrons. The molecule has 1 atom stereocenters. The van der Waals surface area contributed by atoms with E-state index in [9.17, 15) is 26.0 Å². The number of aliphatic imine (C=N–C) groups is 2.